The molecule has 0 aliphatic carbocycles. The summed E-state index contributed by atoms with van der Waals surface area (Å²) in [6.07, 6.45) is 0. The normalized spacial score (nSPS) is 14.4. The summed E-state index contributed by atoms with van der Waals surface area (Å²) in [6.45, 7) is 3.23. The Labute approximate surface area is 214 Å². The van der Waals surface area contributed by atoms with Gasteiger partial charge in [0, 0.05) is 0 Å². The fourth-order valence-corrected chi connectivity index (χ4v) is 4.72. The van der Waals surface area contributed by atoms with Crippen LogP contribution in [-0.4, -0.2) is 43.5 Å². The molecule has 1 heterocycles. The molecule has 1 saturated heterocycles. The van der Waals surface area contributed by atoms with Gasteiger partial charge in [-0.15, -0.1) is 0 Å². The van der Waals surface area contributed by atoms with Gasteiger partial charge in [-0.25, -0.2) is 4.79 Å². The number of carbonyl (C=O) groups excluding carboxylic acids is 3. The summed E-state index contributed by atoms with van der Waals surface area (Å²) in [5.74, 6) is 0.0706. The Morgan fingerprint density at radius 1 is 0.944 bits per heavy atom. The van der Waals surface area contributed by atoms with Gasteiger partial charge in [-0.05, 0) is 66.4 Å². The van der Waals surface area contributed by atoms with Crippen molar-refractivity contribution < 1.29 is 23.9 Å². The van der Waals surface area contributed by atoms with Crippen molar-refractivity contribution in [3.63, 3.8) is 0 Å². The number of imide groups is 1. The van der Waals surface area contributed by atoms with Gasteiger partial charge < -0.3 is 20.1 Å². The van der Waals surface area contributed by atoms with E-state index >= 15 is 0 Å². The molecule has 4 amide bonds. The predicted molar refractivity (Wildman–Crippen MR) is 137 cm³/mol. The van der Waals surface area contributed by atoms with Gasteiger partial charge in [0.25, 0.3) is 5.91 Å². The average Bonchev–Trinajstić information content (AvgIpc) is 3.12. The number of methoxy groups -OCH3 is 2. The quantitative estimate of drug-likeness (QED) is 0.462. The number of benzene rings is 3. The summed E-state index contributed by atoms with van der Waals surface area (Å²) in [4.78, 5) is 40.8. The maximum atomic E-state index is 13.9. The average molecular weight is 508 g/mol. The molecule has 3 aromatic rings. The summed E-state index contributed by atoms with van der Waals surface area (Å²) in [5.41, 5.74) is 1.67. The summed E-state index contributed by atoms with van der Waals surface area (Å²) < 4.78 is 10.5. The van der Waals surface area contributed by atoms with Crippen LogP contribution in [0.4, 0.5) is 10.5 Å². The highest BCUT2D eigenvalue weighted by atomic mass is 35.5. The van der Waals surface area contributed by atoms with Crippen molar-refractivity contribution >= 4 is 35.1 Å². The van der Waals surface area contributed by atoms with Crippen molar-refractivity contribution in [3.05, 3.63) is 87.9 Å². The van der Waals surface area contributed by atoms with Crippen molar-refractivity contribution in [3.8, 4) is 11.5 Å². The first-order valence-corrected chi connectivity index (χ1v) is 11.6. The van der Waals surface area contributed by atoms with Crippen molar-refractivity contribution in [2.24, 2.45) is 0 Å². The molecule has 0 bridgehead atoms. The molecule has 2 N–H and O–H groups in total. The smallest absolute Gasteiger partial charge is 0.326 e. The second kappa shape index (κ2) is 9.91. The SMILES string of the molecule is COc1ccc(C2(c3ccc(OC)cc3)NC(=O)N(CC(=O)Nc3c(C)cc(C)cc3Cl)C2=O)cc1. The molecule has 0 radical (unpaired) electrons. The van der Waals surface area contributed by atoms with E-state index in [2.05, 4.69) is 10.6 Å². The molecule has 0 saturated carbocycles. The molecule has 0 aromatic heterocycles. The van der Waals surface area contributed by atoms with Gasteiger partial charge in [0.05, 0.1) is 24.9 Å². The minimum atomic E-state index is -1.53. The van der Waals surface area contributed by atoms with Crippen LogP contribution in [-0.2, 0) is 15.1 Å². The molecule has 0 spiro atoms. The first kappa shape index (κ1) is 25.1. The number of urea groups is 1. The minimum absolute atomic E-state index is 0.379. The number of ether oxygens (including phenoxy) is 2. The molecule has 3 aromatic carbocycles. The van der Waals surface area contributed by atoms with E-state index in [0.29, 0.717) is 33.3 Å². The molecule has 4 rings (SSSR count). The Morgan fingerprint density at radius 2 is 1.47 bits per heavy atom. The number of rotatable bonds is 7. The zero-order valence-corrected chi connectivity index (χ0v) is 21.1. The number of nitrogens with zero attached hydrogens (tertiary/aromatic N) is 1. The van der Waals surface area contributed by atoms with Gasteiger partial charge in [-0.3, -0.25) is 14.5 Å². The molecular weight excluding hydrogens is 482 g/mol. The molecule has 186 valence electrons. The van der Waals surface area contributed by atoms with Crippen molar-refractivity contribution in [1.82, 2.24) is 10.2 Å². The van der Waals surface area contributed by atoms with Crippen LogP contribution in [0.25, 0.3) is 0 Å². The lowest BCUT2D eigenvalue weighted by atomic mass is 9.82. The lowest BCUT2D eigenvalue weighted by Gasteiger charge is -2.28. The molecule has 8 nitrogen and oxygen atoms in total. The highest BCUT2D eigenvalue weighted by Gasteiger charge is 2.54. The summed E-state index contributed by atoms with van der Waals surface area (Å²) in [7, 11) is 3.08. The Balaban J connectivity index is 1.68. The third kappa shape index (κ3) is 4.47. The van der Waals surface area contributed by atoms with Crippen LogP contribution in [0.5, 0.6) is 11.5 Å². The van der Waals surface area contributed by atoms with Gasteiger partial charge >= 0.3 is 6.03 Å². The highest BCUT2D eigenvalue weighted by Crippen LogP contribution is 2.37. The third-order valence-corrected chi connectivity index (χ3v) is 6.45. The first-order chi connectivity index (χ1) is 17.2. The van der Waals surface area contributed by atoms with Gasteiger partial charge in [0.2, 0.25) is 5.91 Å². The number of amides is 4. The number of aryl methyl sites for hydroxylation is 2. The number of carbonyl (C=O) groups is 3. The van der Waals surface area contributed by atoms with Crippen molar-refractivity contribution in [2.45, 2.75) is 19.4 Å². The van der Waals surface area contributed by atoms with Crippen LogP contribution in [0.15, 0.2) is 60.7 Å². The first-order valence-electron chi connectivity index (χ1n) is 11.2. The van der Waals surface area contributed by atoms with Crippen LogP contribution in [0.3, 0.4) is 0 Å². The van der Waals surface area contributed by atoms with Gasteiger partial charge in [-0.1, -0.05) is 41.9 Å². The highest BCUT2D eigenvalue weighted by molar-refractivity contribution is 6.34. The monoisotopic (exact) mass is 507 g/mol. The lowest BCUT2D eigenvalue weighted by Crippen LogP contribution is -2.45. The topological polar surface area (TPSA) is 97.0 Å². The van der Waals surface area contributed by atoms with E-state index in [0.717, 1.165) is 16.0 Å². The number of hydrogen-bond donors (Lipinski definition) is 2. The van der Waals surface area contributed by atoms with Crippen LogP contribution in [0.1, 0.15) is 22.3 Å². The van der Waals surface area contributed by atoms with E-state index in [1.54, 1.807) is 68.8 Å². The zero-order valence-electron chi connectivity index (χ0n) is 20.3. The van der Waals surface area contributed by atoms with E-state index < -0.39 is 29.9 Å². The van der Waals surface area contributed by atoms with E-state index in [-0.39, 0.29) is 0 Å². The molecule has 1 aliphatic rings. The maximum absolute atomic E-state index is 13.9. The number of hydrogen-bond acceptors (Lipinski definition) is 5. The molecule has 36 heavy (non-hydrogen) atoms. The van der Waals surface area contributed by atoms with E-state index in [1.165, 1.54) is 0 Å². The summed E-state index contributed by atoms with van der Waals surface area (Å²) in [6, 6.07) is 16.6. The predicted octanol–water partition coefficient (Wildman–Crippen LogP) is 4.41. The summed E-state index contributed by atoms with van der Waals surface area (Å²) in [5, 5.41) is 5.94. The molecule has 1 aliphatic heterocycles. The Morgan fingerprint density at radius 3 is 1.94 bits per heavy atom. The fraction of sp³-hybridized carbons (Fsp3) is 0.222. The number of anilines is 1. The van der Waals surface area contributed by atoms with Gasteiger partial charge in [0.15, 0.2) is 5.54 Å². The maximum Gasteiger partial charge on any atom is 0.326 e. The van der Waals surface area contributed by atoms with Crippen LogP contribution in [0, 0.1) is 13.8 Å². The number of nitrogens with one attached hydrogen (secondary N) is 2. The Hall–Kier alpha value is -4.04. The van der Waals surface area contributed by atoms with E-state index in [9.17, 15) is 14.4 Å². The number of halogens is 1. The summed E-state index contributed by atoms with van der Waals surface area (Å²) >= 11 is 6.31. The van der Waals surface area contributed by atoms with Crippen LogP contribution in [0.2, 0.25) is 5.02 Å². The molecule has 0 atom stereocenters. The van der Waals surface area contributed by atoms with Gasteiger partial charge in [0.1, 0.15) is 18.0 Å². The largest absolute Gasteiger partial charge is 0.497 e. The fourth-order valence-electron chi connectivity index (χ4n) is 4.36. The van der Waals surface area contributed by atoms with Gasteiger partial charge in [-0.2, -0.15) is 0 Å². The standard InChI is InChI=1S/C27H26ClN3O5/c1-16-13-17(2)24(22(28)14-16)29-23(32)15-31-25(33)27(30-26(31)34,18-5-9-20(35-3)10-6-18)19-7-11-21(36-4)12-8-19/h5-14H,15H2,1-4H3,(H,29,32)(H,30,34). The van der Waals surface area contributed by atoms with E-state index in [1.807, 2.05) is 19.9 Å². The second-order valence-electron chi connectivity index (χ2n) is 8.52. The second-order valence-corrected chi connectivity index (χ2v) is 8.92. The Kier molecular flexibility index (Phi) is 6.90. The van der Waals surface area contributed by atoms with E-state index in [4.69, 9.17) is 21.1 Å². The van der Waals surface area contributed by atoms with Crippen molar-refractivity contribution in [1.29, 1.82) is 0 Å². The van der Waals surface area contributed by atoms with Crippen molar-refractivity contribution in [2.75, 3.05) is 26.1 Å². The molecule has 0 unspecified atom stereocenters. The lowest BCUT2D eigenvalue weighted by molar-refractivity contribution is -0.133. The zero-order chi connectivity index (χ0) is 26.0. The molecular formula is C27H26ClN3O5. The molecule has 1 fully saturated rings. The minimum Gasteiger partial charge on any atom is -0.497 e. The Bertz CT molecular complexity index is 1250. The van der Waals surface area contributed by atoms with Crippen LogP contribution < -0.4 is 20.1 Å². The van der Waals surface area contributed by atoms with Crippen LogP contribution >= 0.6 is 11.6 Å². The molecule has 9 heteroatoms. The third-order valence-electron chi connectivity index (χ3n) is 6.15.